The molecule has 0 radical (unpaired) electrons. The van der Waals surface area contributed by atoms with Gasteiger partial charge in [-0.15, -0.1) is 0 Å². The first-order chi connectivity index (χ1) is 8.49. The van der Waals surface area contributed by atoms with E-state index in [0.29, 0.717) is 0 Å². The van der Waals surface area contributed by atoms with E-state index in [4.69, 9.17) is 5.11 Å². The van der Waals surface area contributed by atoms with Crippen molar-refractivity contribution < 1.29 is 14.1 Å². The molecule has 98 valence electrons. The van der Waals surface area contributed by atoms with Gasteiger partial charge in [0.05, 0.1) is 5.25 Å². The van der Waals surface area contributed by atoms with Crippen LogP contribution in [0.1, 0.15) is 18.5 Å². The minimum Gasteiger partial charge on any atom is -0.480 e. The molecule has 4 unspecified atom stereocenters. The maximum atomic E-state index is 12.0. The Labute approximate surface area is 116 Å². The summed E-state index contributed by atoms with van der Waals surface area (Å²) < 4.78 is 12.9. The van der Waals surface area contributed by atoms with E-state index in [1.54, 1.807) is 0 Å². The van der Waals surface area contributed by atoms with Crippen molar-refractivity contribution in [3.63, 3.8) is 0 Å². The Morgan fingerprint density at radius 3 is 2.61 bits per heavy atom. The summed E-state index contributed by atoms with van der Waals surface area (Å²) in [5.74, 6) is -0.777. The zero-order valence-corrected chi connectivity index (χ0v) is 12.2. The molecule has 0 aliphatic carbocycles. The van der Waals surface area contributed by atoms with E-state index in [1.165, 1.54) is 0 Å². The van der Waals surface area contributed by atoms with Gasteiger partial charge in [0.15, 0.2) is 0 Å². The molecule has 0 bridgehead atoms. The highest BCUT2D eigenvalue weighted by atomic mass is 79.9. The van der Waals surface area contributed by atoms with Gasteiger partial charge in [-0.25, -0.2) is 0 Å². The van der Waals surface area contributed by atoms with Gasteiger partial charge in [0, 0.05) is 27.1 Å². The van der Waals surface area contributed by atoms with Crippen molar-refractivity contribution in [1.82, 2.24) is 5.32 Å². The fourth-order valence-corrected chi connectivity index (χ4v) is 3.72. The maximum absolute atomic E-state index is 12.0. The molecule has 2 rings (SSSR count). The highest BCUT2D eigenvalue weighted by molar-refractivity contribution is 9.10. The number of carboxylic acid groups (broad SMARTS) is 1. The number of carboxylic acids is 1. The number of aliphatic carboxylic acids is 1. The quantitative estimate of drug-likeness (QED) is 0.865. The Balaban J connectivity index is 2.26. The predicted molar refractivity (Wildman–Crippen MR) is 73.9 cm³/mol. The van der Waals surface area contributed by atoms with Crippen molar-refractivity contribution in [2.75, 3.05) is 5.75 Å². The second-order valence-corrected chi connectivity index (χ2v) is 7.09. The lowest BCUT2D eigenvalue weighted by Gasteiger charge is -2.33. The Bertz CT molecular complexity index is 477. The van der Waals surface area contributed by atoms with Crippen molar-refractivity contribution >= 4 is 32.7 Å². The van der Waals surface area contributed by atoms with Gasteiger partial charge in [-0.05, 0) is 24.6 Å². The molecule has 1 aromatic carbocycles. The van der Waals surface area contributed by atoms with Crippen molar-refractivity contribution in [2.45, 2.75) is 24.3 Å². The van der Waals surface area contributed by atoms with Crippen molar-refractivity contribution in [2.24, 2.45) is 0 Å². The highest BCUT2D eigenvalue weighted by Gasteiger charge is 2.36. The van der Waals surface area contributed by atoms with Gasteiger partial charge in [-0.3, -0.25) is 14.3 Å². The molecule has 0 saturated carbocycles. The zero-order chi connectivity index (χ0) is 13.3. The van der Waals surface area contributed by atoms with E-state index in [-0.39, 0.29) is 17.0 Å². The van der Waals surface area contributed by atoms with Crippen LogP contribution in [0, 0.1) is 0 Å². The topological polar surface area (TPSA) is 66.4 Å². The fourth-order valence-electron chi connectivity index (χ4n) is 2.05. The molecule has 0 amide bonds. The Kier molecular flexibility index (Phi) is 4.19. The molecule has 0 aromatic heterocycles. The summed E-state index contributed by atoms with van der Waals surface area (Å²) in [5, 5.41) is 12.0. The predicted octanol–water partition coefficient (Wildman–Crippen LogP) is 1.68. The average molecular weight is 332 g/mol. The molecule has 1 aliphatic rings. The van der Waals surface area contributed by atoms with E-state index in [1.807, 2.05) is 31.2 Å². The van der Waals surface area contributed by atoms with Crippen LogP contribution in [-0.2, 0) is 15.6 Å². The van der Waals surface area contributed by atoms with E-state index in [0.717, 1.165) is 10.0 Å². The minimum atomic E-state index is -1.13. The molecule has 1 aromatic rings. The van der Waals surface area contributed by atoms with Gasteiger partial charge in [-0.1, -0.05) is 28.1 Å². The molecule has 1 saturated heterocycles. The SMILES string of the molecule is CC1C(c2ccc(Br)cc2)NC(C(=O)O)CS1=O. The molecule has 1 aliphatic heterocycles. The number of hydrogen-bond donors (Lipinski definition) is 2. The first-order valence-corrected chi connectivity index (χ1v) is 7.78. The standard InChI is InChI=1S/C12H14BrNO3S/c1-7-11(8-2-4-9(13)5-3-8)14-10(12(15)16)6-18(7)17/h2-5,7,10-11,14H,6H2,1H3,(H,15,16). The van der Waals surface area contributed by atoms with E-state index in [9.17, 15) is 9.00 Å². The second kappa shape index (κ2) is 5.50. The summed E-state index contributed by atoms with van der Waals surface area (Å²) in [7, 11) is -1.13. The van der Waals surface area contributed by atoms with Crippen LogP contribution in [0.5, 0.6) is 0 Å². The number of carbonyl (C=O) groups is 1. The summed E-state index contributed by atoms with van der Waals surface area (Å²) in [5.41, 5.74) is 0.963. The van der Waals surface area contributed by atoms with Gasteiger partial charge < -0.3 is 5.11 Å². The number of hydrogen-bond acceptors (Lipinski definition) is 3. The summed E-state index contributed by atoms with van der Waals surface area (Å²) in [6, 6.07) is 6.71. The van der Waals surface area contributed by atoms with E-state index < -0.39 is 22.8 Å². The molecule has 0 spiro atoms. The Hall–Kier alpha value is -0.720. The average Bonchev–Trinajstić information content (AvgIpc) is 2.33. The third kappa shape index (κ3) is 2.81. The summed E-state index contributed by atoms with van der Waals surface area (Å²) in [6.45, 7) is 1.88. The van der Waals surface area contributed by atoms with Crippen LogP contribution in [0.15, 0.2) is 28.7 Å². The number of benzene rings is 1. The number of halogens is 1. The molecule has 4 nitrogen and oxygen atoms in total. The van der Waals surface area contributed by atoms with Crippen molar-refractivity contribution in [3.05, 3.63) is 34.3 Å². The monoisotopic (exact) mass is 331 g/mol. The van der Waals surface area contributed by atoms with Crippen molar-refractivity contribution in [1.29, 1.82) is 0 Å². The molecule has 6 heteroatoms. The highest BCUT2D eigenvalue weighted by Crippen LogP contribution is 2.26. The maximum Gasteiger partial charge on any atom is 0.321 e. The first kappa shape index (κ1) is 13.7. The second-order valence-electron chi connectivity index (χ2n) is 4.34. The van der Waals surface area contributed by atoms with Crippen LogP contribution in [0.25, 0.3) is 0 Å². The molecule has 1 heterocycles. The lowest BCUT2D eigenvalue weighted by atomic mass is 10.0. The van der Waals surface area contributed by atoms with Crippen LogP contribution < -0.4 is 5.32 Å². The molecule has 18 heavy (non-hydrogen) atoms. The van der Waals surface area contributed by atoms with Gasteiger partial charge in [0.2, 0.25) is 0 Å². The van der Waals surface area contributed by atoms with Crippen LogP contribution >= 0.6 is 15.9 Å². The summed E-state index contributed by atoms with van der Waals surface area (Å²) in [6.07, 6.45) is 0. The van der Waals surface area contributed by atoms with Crippen LogP contribution in [0.4, 0.5) is 0 Å². The minimum absolute atomic E-state index is 0.0956. The number of rotatable bonds is 2. The van der Waals surface area contributed by atoms with Crippen molar-refractivity contribution in [3.8, 4) is 0 Å². The van der Waals surface area contributed by atoms with E-state index in [2.05, 4.69) is 21.2 Å². The van der Waals surface area contributed by atoms with Gasteiger partial charge >= 0.3 is 5.97 Å². The molecular weight excluding hydrogens is 318 g/mol. The smallest absolute Gasteiger partial charge is 0.321 e. The number of nitrogens with one attached hydrogen (secondary N) is 1. The largest absolute Gasteiger partial charge is 0.480 e. The Morgan fingerprint density at radius 2 is 2.06 bits per heavy atom. The first-order valence-electron chi connectivity index (χ1n) is 5.60. The summed E-state index contributed by atoms with van der Waals surface area (Å²) >= 11 is 3.36. The lowest BCUT2D eigenvalue weighted by Crippen LogP contribution is -2.52. The van der Waals surface area contributed by atoms with Gasteiger partial charge in [-0.2, -0.15) is 0 Å². The van der Waals surface area contributed by atoms with E-state index >= 15 is 0 Å². The molecule has 1 fully saturated rings. The van der Waals surface area contributed by atoms with Crippen LogP contribution in [0.2, 0.25) is 0 Å². The molecule has 2 N–H and O–H groups in total. The zero-order valence-electron chi connectivity index (χ0n) is 9.80. The van der Waals surface area contributed by atoms with Crippen LogP contribution in [0.3, 0.4) is 0 Å². The van der Waals surface area contributed by atoms with Crippen LogP contribution in [-0.4, -0.2) is 32.3 Å². The lowest BCUT2D eigenvalue weighted by molar-refractivity contribution is -0.139. The van der Waals surface area contributed by atoms with Gasteiger partial charge in [0.1, 0.15) is 6.04 Å². The third-order valence-corrected chi connectivity index (χ3v) is 5.42. The van der Waals surface area contributed by atoms with Gasteiger partial charge in [0.25, 0.3) is 0 Å². The Morgan fingerprint density at radius 1 is 1.44 bits per heavy atom. The fraction of sp³-hybridized carbons (Fsp3) is 0.417. The molecular formula is C12H14BrNO3S. The summed E-state index contributed by atoms with van der Waals surface area (Å²) in [4.78, 5) is 11.0. The molecule has 4 atom stereocenters. The normalized spacial score (nSPS) is 32.1. The third-order valence-electron chi connectivity index (χ3n) is 3.12.